The van der Waals surface area contributed by atoms with Crippen LogP contribution in [0.15, 0.2) is 36.5 Å². The monoisotopic (exact) mass is 368 g/mol. The SMILES string of the molecule is Cc1nn(-c2ccccc2)c2ncc(C(=O)NC3CCCCC3)c(Cl)c12. The van der Waals surface area contributed by atoms with E-state index in [-0.39, 0.29) is 11.9 Å². The van der Waals surface area contributed by atoms with E-state index in [0.717, 1.165) is 29.6 Å². The Hall–Kier alpha value is -2.40. The second-order valence-electron chi connectivity index (χ2n) is 6.83. The molecule has 1 fully saturated rings. The van der Waals surface area contributed by atoms with Gasteiger partial charge in [0.2, 0.25) is 0 Å². The Bertz CT molecular complexity index is 945. The average molecular weight is 369 g/mol. The Kier molecular flexibility index (Phi) is 4.64. The molecule has 1 saturated carbocycles. The van der Waals surface area contributed by atoms with Crippen LogP contribution >= 0.6 is 11.6 Å². The molecule has 0 saturated heterocycles. The minimum absolute atomic E-state index is 0.150. The molecule has 1 aliphatic carbocycles. The number of benzene rings is 1. The molecule has 2 aromatic heterocycles. The van der Waals surface area contributed by atoms with E-state index in [1.165, 1.54) is 19.3 Å². The Morgan fingerprint density at radius 3 is 2.65 bits per heavy atom. The van der Waals surface area contributed by atoms with Gasteiger partial charge in [-0.2, -0.15) is 5.10 Å². The fourth-order valence-electron chi connectivity index (χ4n) is 3.63. The van der Waals surface area contributed by atoms with Crippen molar-refractivity contribution in [2.45, 2.75) is 45.1 Å². The summed E-state index contributed by atoms with van der Waals surface area (Å²) in [5, 5.41) is 8.83. The predicted molar refractivity (Wildman–Crippen MR) is 103 cm³/mol. The zero-order valence-corrected chi connectivity index (χ0v) is 15.5. The highest BCUT2D eigenvalue weighted by Crippen LogP contribution is 2.30. The molecule has 1 aliphatic rings. The molecule has 134 valence electrons. The van der Waals surface area contributed by atoms with E-state index in [0.29, 0.717) is 16.2 Å². The Morgan fingerprint density at radius 2 is 1.92 bits per heavy atom. The van der Waals surface area contributed by atoms with E-state index >= 15 is 0 Å². The summed E-state index contributed by atoms with van der Waals surface area (Å²) in [6, 6.07) is 10.0. The third-order valence-electron chi connectivity index (χ3n) is 4.99. The van der Waals surface area contributed by atoms with Crippen molar-refractivity contribution < 1.29 is 4.79 Å². The van der Waals surface area contributed by atoms with Crippen molar-refractivity contribution >= 4 is 28.5 Å². The van der Waals surface area contributed by atoms with Gasteiger partial charge in [-0.15, -0.1) is 0 Å². The number of carbonyl (C=O) groups excluding carboxylic acids is 1. The summed E-state index contributed by atoms with van der Waals surface area (Å²) in [6.45, 7) is 1.89. The van der Waals surface area contributed by atoms with Crippen LogP contribution in [0.1, 0.15) is 48.2 Å². The lowest BCUT2D eigenvalue weighted by molar-refractivity contribution is 0.0927. The molecule has 0 aliphatic heterocycles. The van der Waals surface area contributed by atoms with Crippen molar-refractivity contribution in [1.82, 2.24) is 20.1 Å². The molecule has 0 radical (unpaired) electrons. The highest BCUT2D eigenvalue weighted by atomic mass is 35.5. The first-order valence-electron chi connectivity index (χ1n) is 9.05. The van der Waals surface area contributed by atoms with Gasteiger partial charge in [0.15, 0.2) is 5.65 Å². The number of para-hydroxylation sites is 1. The van der Waals surface area contributed by atoms with Crippen molar-refractivity contribution in [2.75, 3.05) is 0 Å². The number of hydrogen-bond donors (Lipinski definition) is 1. The molecule has 2 heterocycles. The highest BCUT2D eigenvalue weighted by molar-refractivity contribution is 6.38. The standard InChI is InChI=1S/C20H21ClN4O/c1-13-17-18(21)16(20(26)23-14-8-4-2-5-9-14)12-22-19(17)25(24-13)15-10-6-3-7-11-15/h3,6-7,10-12,14H,2,4-5,8-9H2,1H3,(H,23,26). The molecule has 26 heavy (non-hydrogen) atoms. The quantitative estimate of drug-likeness (QED) is 0.743. The zero-order chi connectivity index (χ0) is 18.1. The van der Waals surface area contributed by atoms with E-state index in [1.54, 1.807) is 10.9 Å². The third-order valence-corrected chi connectivity index (χ3v) is 5.39. The first kappa shape index (κ1) is 17.0. The maximum atomic E-state index is 12.7. The third kappa shape index (κ3) is 3.07. The maximum Gasteiger partial charge on any atom is 0.254 e. The number of rotatable bonds is 3. The number of hydrogen-bond acceptors (Lipinski definition) is 3. The molecule has 4 rings (SSSR count). The number of aromatic nitrogens is 3. The van der Waals surface area contributed by atoms with E-state index in [1.807, 2.05) is 37.3 Å². The fraction of sp³-hybridized carbons (Fsp3) is 0.350. The largest absolute Gasteiger partial charge is 0.349 e. The minimum Gasteiger partial charge on any atom is -0.349 e. The van der Waals surface area contributed by atoms with Crippen LogP contribution in [0.3, 0.4) is 0 Å². The van der Waals surface area contributed by atoms with Gasteiger partial charge in [-0.25, -0.2) is 9.67 Å². The topological polar surface area (TPSA) is 59.8 Å². The predicted octanol–water partition coefficient (Wildman–Crippen LogP) is 4.44. The minimum atomic E-state index is -0.150. The van der Waals surface area contributed by atoms with E-state index in [2.05, 4.69) is 15.4 Å². The molecular weight excluding hydrogens is 348 g/mol. The molecule has 0 spiro atoms. The second kappa shape index (κ2) is 7.08. The number of halogens is 1. The highest BCUT2D eigenvalue weighted by Gasteiger charge is 2.22. The van der Waals surface area contributed by atoms with Crippen molar-refractivity contribution in [3.63, 3.8) is 0 Å². The summed E-state index contributed by atoms with van der Waals surface area (Å²) < 4.78 is 1.76. The van der Waals surface area contributed by atoms with E-state index in [9.17, 15) is 4.79 Å². The lowest BCUT2D eigenvalue weighted by Gasteiger charge is -2.22. The van der Waals surface area contributed by atoms with Crippen LogP contribution in [0.5, 0.6) is 0 Å². The lowest BCUT2D eigenvalue weighted by Crippen LogP contribution is -2.36. The Balaban J connectivity index is 1.71. The summed E-state index contributed by atoms with van der Waals surface area (Å²) in [4.78, 5) is 17.2. The van der Waals surface area contributed by atoms with Crippen LogP contribution in [-0.4, -0.2) is 26.7 Å². The van der Waals surface area contributed by atoms with Gasteiger partial charge in [0, 0.05) is 12.2 Å². The lowest BCUT2D eigenvalue weighted by atomic mass is 9.95. The van der Waals surface area contributed by atoms with Gasteiger partial charge in [-0.1, -0.05) is 49.1 Å². The van der Waals surface area contributed by atoms with Crippen molar-refractivity contribution in [3.8, 4) is 5.69 Å². The van der Waals surface area contributed by atoms with Crippen LogP contribution in [0.4, 0.5) is 0 Å². The normalized spacial score (nSPS) is 15.3. The maximum absolute atomic E-state index is 12.7. The Morgan fingerprint density at radius 1 is 1.19 bits per heavy atom. The van der Waals surface area contributed by atoms with Crippen molar-refractivity contribution in [1.29, 1.82) is 0 Å². The number of amides is 1. The van der Waals surface area contributed by atoms with Crippen LogP contribution in [0.25, 0.3) is 16.7 Å². The summed E-state index contributed by atoms with van der Waals surface area (Å²) in [5.74, 6) is -0.150. The number of aryl methyl sites for hydroxylation is 1. The van der Waals surface area contributed by atoms with Gasteiger partial charge >= 0.3 is 0 Å². The summed E-state index contributed by atoms with van der Waals surface area (Å²) >= 11 is 6.61. The number of nitrogens with zero attached hydrogens (tertiary/aromatic N) is 3. The Labute approximate surface area is 157 Å². The summed E-state index contributed by atoms with van der Waals surface area (Å²) in [5.41, 5.74) is 2.75. The fourth-order valence-corrected chi connectivity index (χ4v) is 3.98. The first-order valence-corrected chi connectivity index (χ1v) is 9.43. The number of fused-ring (bicyclic) bond motifs is 1. The number of nitrogens with one attached hydrogen (secondary N) is 1. The summed E-state index contributed by atoms with van der Waals surface area (Å²) in [7, 11) is 0. The van der Waals surface area contributed by atoms with Gasteiger partial charge in [0.1, 0.15) is 0 Å². The van der Waals surface area contributed by atoms with E-state index < -0.39 is 0 Å². The van der Waals surface area contributed by atoms with Gasteiger partial charge in [0.25, 0.3) is 5.91 Å². The smallest absolute Gasteiger partial charge is 0.254 e. The summed E-state index contributed by atoms with van der Waals surface area (Å²) in [6.07, 6.45) is 7.20. The van der Waals surface area contributed by atoms with Gasteiger partial charge in [0.05, 0.1) is 27.4 Å². The molecule has 0 atom stereocenters. The van der Waals surface area contributed by atoms with Gasteiger partial charge in [-0.3, -0.25) is 4.79 Å². The van der Waals surface area contributed by atoms with Crippen molar-refractivity contribution in [2.24, 2.45) is 0 Å². The molecule has 0 unspecified atom stereocenters. The van der Waals surface area contributed by atoms with Crippen LogP contribution in [0.2, 0.25) is 5.02 Å². The van der Waals surface area contributed by atoms with Crippen LogP contribution in [0, 0.1) is 6.92 Å². The number of carbonyl (C=O) groups is 1. The molecule has 3 aromatic rings. The first-order chi connectivity index (χ1) is 12.6. The second-order valence-corrected chi connectivity index (χ2v) is 7.20. The molecular formula is C20H21ClN4O. The molecule has 6 heteroatoms. The molecule has 1 N–H and O–H groups in total. The van der Waals surface area contributed by atoms with Gasteiger partial charge in [-0.05, 0) is 31.9 Å². The molecule has 0 bridgehead atoms. The van der Waals surface area contributed by atoms with E-state index in [4.69, 9.17) is 11.6 Å². The zero-order valence-electron chi connectivity index (χ0n) is 14.7. The van der Waals surface area contributed by atoms with Crippen LogP contribution in [-0.2, 0) is 0 Å². The van der Waals surface area contributed by atoms with Gasteiger partial charge < -0.3 is 5.32 Å². The van der Waals surface area contributed by atoms with Crippen LogP contribution < -0.4 is 5.32 Å². The molecule has 1 aromatic carbocycles. The average Bonchev–Trinajstić information content (AvgIpc) is 3.01. The van der Waals surface area contributed by atoms with Crippen molar-refractivity contribution in [3.05, 3.63) is 52.8 Å². The molecule has 1 amide bonds. The number of pyridine rings is 1. The molecule has 5 nitrogen and oxygen atoms in total.